The first kappa shape index (κ1) is 32.9. The highest BCUT2D eigenvalue weighted by atomic mass is 16.7. The highest BCUT2D eigenvalue weighted by molar-refractivity contribution is 5.73. The third-order valence-corrected chi connectivity index (χ3v) is 6.90. The number of rotatable bonds is 9. The van der Waals surface area contributed by atoms with E-state index in [2.05, 4.69) is 10.6 Å². The van der Waals surface area contributed by atoms with Gasteiger partial charge in [-0.2, -0.15) is 0 Å². The predicted molar refractivity (Wildman–Crippen MR) is 124 cm³/mol. The van der Waals surface area contributed by atoms with Gasteiger partial charge in [-0.3, -0.25) is 9.59 Å². The van der Waals surface area contributed by atoms with Crippen LogP contribution < -0.4 is 10.6 Å². The van der Waals surface area contributed by atoms with Crippen LogP contribution in [0.4, 0.5) is 0 Å². The van der Waals surface area contributed by atoms with Crippen LogP contribution in [0.3, 0.4) is 0 Å². The summed E-state index contributed by atoms with van der Waals surface area (Å²) in [6.45, 7) is -0.117. The van der Waals surface area contributed by atoms with E-state index in [1.165, 1.54) is 0 Å². The molecule has 0 aliphatic carbocycles. The Kier molecular flexibility index (Phi) is 11.5. The molecule has 3 saturated heterocycles. The number of nitrogens with one attached hydrogen (secondary N) is 2. The van der Waals surface area contributed by atoms with Crippen molar-refractivity contribution in [3.8, 4) is 0 Å². The smallest absolute Gasteiger partial charge is 0.217 e. The SMILES string of the molecule is CC(=O)N[C@@H]1[C@@H](O)[C@H](O[C@H]2O[C@H](CO)[C@@H](O[C@@H]3O[C@H](CO)[C@@H](O)[C@H](O)[C@@H]3O)[C@H](O)[C@H]2NC(C)=O)[C@@H](CO)O[C@@H]1O. The fourth-order valence-electron chi connectivity index (χ4n) is 4.87. The van der Waals surface area contributed by atoms with Crippen LogP contribution in [-0.4, -0.2) is 170 Å². The van der Waals surface area contributed by atoms with E-state index in [-0.39, 0.29) is 0 Å². The molecule has 0 aromatic rings. The molecule has 3 aliphatic rings. The molecule has 3 aliphatic heterocycles. The molecular formula is C22H38N2O16. The minimum absolute atomic E-state index is 0.623. The third-order valence-electron chi connectivity index (χ3n) is 6.90. The molecule has 0 spiro atoms. The van der Waals surface area contributed by atoms with Crippen molar-refractivity contribution in [1.82, 2.24) is 10.6 Å². The molecule has 3 heterocycles. The normalized spacial score (nSPS) is 46.0. The molecule has 0 radical (unpaired) electrons. The van der Waals surface area contributed by atoms with Crippen LogP contribution in [0.25, 0.3) is 0 Å². The Balaban J connectivity index is 1.85. The quantitative estimate of drug-likeness (QED) is 0.120. The maximum Gasteiger partial charge on any atom is 0.217 e. The average Bonchev–Trinajstić information content (AvgIpc) is 2.90. The van der Waals surface area contributed by atoms with Crippen molar-refractivity contribution < 1.29 is 79.2 Å². The summed E-state index contributed by atoms with van der Waals surface area (Å²) in [5.41, 5.74) is 0. The van der Waals surface area contributed by atoms with Crippen molar-refractivity contribution in [3.05, 3.63) is 0 Å². The van der Waals surface area contributed by atoms with Crippen LogP contribution >= 0.6 is 0 Å². The molecular weight excluding hydrogens is 548 g/mol. The van der Waals surface area contributed by atoms with E-state index in [0.717, 1.165) is 13.8 Å². The number of aliphatic hydroxyl groups is 9. The zero-order valence-electron chi connectivity index (χ0n) is 21.7. The monoisotopic (exact) mass is 586 g/mol. The number of hydrogen-bond acceptors (Lipinski definition) is 16. The number of ether oxygens (including phenoxy) is 5. The van der Waals surface area contributed by atoms with Gasteiger partial charge < -0.3 is 80.3 Å². The lowest BCUT2D eigenvalue weighted by Gasteiger charge is -2.49. The molecule has 0 bridgehead atoms. The van der Waals surface area contributed by atoms with Crippen LogP contribution in [0, 0.1) is 0 Å². The topological polar surface area (TPSA) is 286 Å². The molecule has 2 amide bonds. The van der Waals surface area contributed by atoms with E-state index in [1.54, 1.807) is 0 Å². The number of carbonyl (C=O) groups excluding carboxylic acids is 2. The average molecular weight is 587 g/mol. The number of aliphatic hydroxyl groups excluding tert-OH is 9. The van der Waals surface area contributed by atoms with E-state index in [0.29, 0.717) is 0 Å². The molecule has 11 N–H and O–H groups in total. The maximum atomic E-state index is 12.0. The highest BCUT2D eigenvalue weighted by Crippen LogP contribution is 2.32. The minimum atomic E-state index is -1.85. The minimum Gasteiger partial charge on any atom is -0.394 e. The summed E-state index contributed by atoms with van der Waals surface area (Å²) >= 11 is 0. The molecule has 18 heteroatoms. The Morgan fingerprint density at radius 1 is 0.600 bits per heavy atom. The summed E-state index contributed by atoms with van der Waals surface area (Å²) in [5.74, 6) is -1.30. The Labute approximate surface area is 228 Å². The lowest BCUT2D eigenvalue weighted by molar-refractivity contribution is -0.360. The Morgan fingerprint density at radius 3 is 1.57 bits per heavy atom. The lowest BCUT2D eigenvalue weighted by atomic mass is 9.94. The molecule has 3 fully saturated rings. The second kappa shape index (κ2) is 14.0. The first-order valence-corrected chi connectivity index (χ1v) is 12.6. The van der Waals surface area contributed by atoms with Gasteiger partial charge in [-0.25, -0.2) is 0 Å². The second-order valence-corrected chi connectivity index (χ2v) is 9.81. The van der Waals surface area contributed by atoms with Crippen LogP contribution in [-0.2, 0) is 33.3 Å². The van der Waals surface area contributed by atoms with Crippen molar-refractivity contribution in [1.29, 1.82) is 0 Å². The van der Waals surface area contributed by atoms with Gasteiger partial charge in [0.2, 0.25) is 11.8 Å². The van der Waals surface area contributed by atoms with E-state index in [9.17, 15) is 55.5 Å². The summed E-state index contributed by atoms with van der Waals surface area (Å²) < 4.78 is 27.7. The van der Waals surface area contributed by atoms with E-state index >= 15 is 0 Å². The molecule has 0 aromatic heterocycles. The summed E-state index contributed by atoms with van der Waals surface area (Å²) in [5, 5.41) is 96.5. The predicted octanol–water partition coefficient (Wildman–Crippen LogP) is -7.29. The van der Waals surface area contributed by atoms with E-state index in [4.69, 9.17) is 23.7 Å². The van der Waals surface area contributed by atoms with Gasteiger partial charge in [-0.1, -0.05) is 0 Å². The van der Waals surface area contributed by atoms with Crippen molar-refractivity contribution in [2.45, 2.75) is 106 Å². The molecule has 0 unspecified atom stereocenters. The third kappa shape index (κ3) is 7.05. The lowest BCUT2D eigenvalue weighted by Crippen LogP contribution is -2.70. The first-order valence-electron chi connectivity index (χ1n) is 12.6. The Bertz CT molecular complexity index is 852. The maximum absolute atomic E-state index is 12.0. The molecule has 0 saturated carbocycles. The fourth-order valence-corrected chi connectivity index (χ4v) is 4.87. The largest absolute Gasteiger partial charge is 0.394 e. The molecule has 0 aromatic carbocycles. The van der Waals surface area contributed by atoms with Gasteiger partial charge in [0.15, 0.2) is 18.9 Å². The van der Waals surface area contributed by atoms with Gasteiger partial charge in [0.1, 0.15) is 73.1 Å². The van der Waals surface area contributed by atoms with Gasteiger partial charge >= 0.3 is 0 Å². The first-order chi connectivity index (χ1) is 18.8. The highest BCUT2D eigenvalue weighted by Gasteiger charge is 2.54. The number of carbonyl (C=O) groups is 2. The standard InChI is InChI=1S/C22H38N2O16/c1-6(28)23-11-14(31)18(9(4-26)36-20(11)35)39-21-12(24-7(2)29)15(32)19(10(5-27)38-21)40-22-17(34)16(33)13(30)8(3-25)37-22/h8-22,25-27,30-35H,3-5H2,1-2H3,(H,23,28)(H,24,29)/t8-,9-,10-,11-,12-,13-,14-,15-,16+,17+,18-,19-,20+,21-,22+/m1/s1. The second-order valence-electron chi connectivity index (χ2n) is 9.81. The van der Waals surface area contributed by atoms with Gasteiger partial charge in [0, 0.05) is 13.8 Å². The van der Waals surface area contributed by atoms with Crippen molar-refractivity contribution in [2.24, 2.45) is 0 Å². The molecule has 18 nitrogen and oxygen atoms in total. The summed E-state index contributed by atoms with van der Waals surface area (Å²) in [6, 6.07) is -2.87. The van der Waals surface area contributed by atoms with Crippen LogP contribution in [0.1, 0.15) is 13.8 Å². The number of amides is 2. The van der Waals surface area contributed by atoms with Gasteiger partial charge in [0.25, 0.3) is 0 Å². The van der Waals surface area contributed by atoms with Crippen LogP contribution in [0.2, 0.25) is 0 Å². The Hall–Kier alpha value is -1.62. The van der Waals surface area contributed by atoms with E-state index in [1.807, 2.05) is 0 Å². The van der Waals surface area contributed by atoms with Crippen molar-refractivity contribution >= 4 is 11.8 Å². The van der Waals surface area contributed by atoms with Gasteiger partial charge in [-0.05, 0) is 0 Å². The van der Waals surface area contributed by atoms with E-state index < -0.39 is 124 Å². The molecule has 232 valence electrons. The summed E-state index contributed by atoms with van der Waals surface area (Å²) in [6.07, 6.45) is -21.1. The Morgan fingerprint density at radius 2 is 1.05 bits per heavy atom. The van der Waals surface area contributed by atoms with Gasteiger partial charge in [-0.15, -0.1) is 0 Å². The number of hydrogen-bond donors (Lipinski definition) is 11. The van der Waals surface area contributed by atoms with Crippen LogP contribution in [0.15, 0.2) is 0 Å². The summed E-state index contributed by atoms with van der Waals surface area (Å²) in [4.78, 5) is 23.5. The van der Waals surface area contributed by atoms with Gasteiger partial charge in [0.05, 0.1) is 19.8 Å². The fraction of sp³-hybridized carbons (Fsp3) is 0.909. The summed E-state index contributed by atoms with van der Waals surface area (Å²) in [7, 11) is 0. The van der Waals surface area contributed by atoms with Crippen molar-refractivity contribution in [3.63, 3.8) is 0 Å². The van der Waals surface area contributed by atoms with Crippen LogP contribution in [0.5, 0.6) is 0 Å². The zero-order valence-corrected chi connectivity index (χ0v) is 21.7. The van der Waals surface area contributed by atoms with Crippen molar-refractivity contribution in [2.75, 3.05) is 19.8 Å². The molecule has 3 rings (SSSR count). The molecule has 40 heavy (non-hydrogen) atoms. The molecule has 15 atom stereocenters. The zero-order chi connectivity index (χ0) is 29.9.